The highest BCUT2D eigenvalue weighted by Crippen LogP contribution is 2.30. The third-order valence-electron chi connectivity index (χ3n) is 4.08. The molecule has 4 nitrogen and oxygen atoms in total. The van der Waals surface area contributed by atoms with Crippen molar-refractivity contribution in [1.82, 2.24) is 5.32 Å². The van der Waals surface area contributed by atoms with E-state index < -0.39 is 5.54 Å². The molecule has 0 radical (unpaired) electrons. The van der Waals surface area contributed by atoms with Crippen LogP contribution in [0.1, 0.15) is 37.6 Å². The Balaban J connectivity index is 2.31. The Bertz CT molecular complexity index is 564. The van der Waals surface area contributed by atoms with Gasteiger partial charge in [-0.25, -0.2) is 0 Å². The number of aryl methyl sites for hydroxylation is 1. The maximum Gasteiger partial charge on any atom is 0.134 e. The van der Waals surface area contributed by atoms with Crippen molar-refractivity contribution in [2.24, 2.45) is 0 Å². The van der Waals surface area contributed by atoms with Gasteiger partial charge >= 0.3 is 0 Å². The molecule has 0 spiro atoms. The monoisotopic (exact) mass is 277 g/mol. The molecule has 1 atom stereocenters. The minimum atomic E-state index is -0.676. The molecular formula is C16H23NO3. The number of furan rings is 1. The second kappa shape index (κ2) is 5.95. The van der Waals surface area contributed by atoms with Gasteiger partial charge in [0.05, 0.1) is 24.8 Å². The molecule has 0 aliphatic carbocycles. The lowest BCUT2D eigenvalue weighted by atomic mass is 9.96. The lowest BCUT2D eigenvalue weighted by Crippen LogP contribution is -2.52. The number of rotatable bonds is 6. The summed E-state index contributed by atoms with van der Waals surface area (Å²) in [7, 11) is 0. The van der Waals surface area contributed by atoms with Crippen molar-refractivity contribution in [2.45, 2.75) is 38.8 Å². The van der Waals surface area contributed by atoms with Gasteiger partial charge in [-0.1, -0.05) is 25.1 Å². The van der Waals surface area contributed by atoms with Crippen LogP contribution in [0.15, 0.2) is 28.7 Å². The Hall–Kier alpha value is -1.36. The predicted octanol–water partition coefficient (Wildman–Crippen LogP) is 2.53. The van der Waals surface area contributed by atoms with E-state index in [1.807, 2.05) is 45.0 Å². The molecule has 110 valence electrons. The van der Waals surface area contributed by atoms with Crippen LogP contribution < -0.4 is 5.32 Å². The molecule has 0 amide bonds. The third kappa shape index (κ3) is 2.59. The summed E-state index contributed by atoms with van der Waals surface area (Å²) in [6.45, 7) is 5.75. The van der Waals surface area contributed by atoms with Gasteiger partial charge in [0.1, 0.15) is 11.3 Å². The predicted molar refractivity (Wildman–Crippen MR) is 79.7 cm³/mol. The van der Waals surface area contributed by atoms with E-state index in [-0.39, 0.29) is 19.3 Å². The molecule has 3 N–H and O–H groups in total. The number of nitrogens with one attached hydrogen (secondary N) is 1. The summed E-state index contributed by atoms with van der Waals surface area (Å²) < 4.78 is 5.91. The van der Waals surface area contributed by atoms with Crippen LogP contribution in [-0.2, 0) is 0 Å². The summed E-state index contributed by atoms with van der Waals surface area (Å²) in [6.07, 6.45) is 0.642. The van der Waals surface area contributed by atoms with Crippen molar-refractivity contribution in [2.75, 3.05) is 13.2 Å². The smallest absolute Gasteiger partial charge is 0.134 e. The highest BCUT2D eigenvalue weighted by atomic mass is 16.3. The molecule has 0 aliphatic heterocycles. The van der Waals surface area contributed by atoms with Gasteiger partial charge in [-0.15, -0.1) is 0 Å². The number of fused-ring (bicyclic) bond motifs is 1. The van der Waals surface area contributed by atoms with Crippen molar-refractivity contribution in [3.8, 4) is 0 Å². The van der Waals surface area contributed by atoms with Gasteiger partial charge in [0.15, 0.2) is 0 Å². The van der Waals surface area contributed by atoms with E-state index in [1.54, 1.807) is 0 Å². The molecule has 1 aromatic heterocycles. The van der Waals surface area contributed by atoms with Crippen LogP contribution in [-0.4, -0.2) is 29.0 Å². The molecule has 0 saturated carbocycles. The number of para-hydroxylation sites is 1. The Kier molecular flexibility index (Phi) is 4.48. The first kappa shape index (κ1) is 15.0. The number of benzene rings is 1. The second-order valence-corrected chi connectivity index (χ2v) is 5.40. The van der Waals surface area contributed by atoms with Gasteiger partial charge in [-0.05, 0) is 31.9 Å². The van der Waals surface area contributed by atoms with Crippen LogP contribution in [0.25, 0.3) is 11.0 Å². The molecule has 0 fully saturated rings. The number of aliphatic hydroxyl groups excluding tert-OH is 2. The molecule has 0 aliphatic rings. The van der Waals surface area contributed by atoms with E-state index in [0.29, 0.717) is 6.42 Å². The number of hydrogen-bond acceptors (Lipinski definition) is 4. The van der Waals surface area contributed by atoms with E-state index in [2.05, 4.69) is 5.32 Å². The molecule has 4 heteroatoms. The van der Waals surface area contributed by atoms with Gasteiger partial charge in [0, 0.05) is 5.39 Å². The second-order valence-electron chi connectivity index (χ2n) is 5.40. The van der Waals surface area contributed by atoms with E-state index in [9.17, 15) is 10.2 Å². The zero-order valence-corrected chi connectivity index (χ0v) is 12.3. The van der Waals surface area contributed by atoms with E-state index in [0.717, 1.165) is 22.3 Å². The third-order valence-corrected chi connectivity index (χ3v) is 4.08. The molecule has 1 heterocycles. The van der Waals surface area contributed by atoms with Crippen LogP contribution in [0.3, 0.4) is 0 Å². The zero-order chi connectivity index (χ0) is 14.8. The minimum Gasteiger partial charge on any atom is -0.459 e. The topological polar surface area (TPSA) is 65.6 Å². The maximum atomic E-state index is 9.53. The van der Waals surface area contributed by atoms with Crippen molar-refractivity contribution >= 4 is 11.0 Å². The Morgan fingerprint density at radius 2 is 1.90 bits per heavy atom. The number of hydrogen-bond donors (Lipinski definition) is 3. The lowest BCUT2D eigenvalue weighted by Gasteiger charge is -2.32. The summed E-state index contributed by atoms with van der Waals surface area (Å²) in [5, 5.41) is 23.5. The molecule has 2 rings (SSSR count). The highest BCUT2D eigenvalue weighted by molar-refractivity contribution is 5.82. The fourth-order valence-corrected chi connectivity index (χ4v) is 2.60. The minimum absolute atomic E-state index is 0.0818. The van der Waals surface area contributed by atoms with E-state index in [4.69, 9.17) is 4.42 Å². The first-order valence-electron chi connectivity index (χ1n) is 7.04. The van der Waals surface area contributed by atoms with Crippen LogP contribution in [0.5, 0.6) is 0 Å². The van der Waals surface area contributed by atoms with Crippen molar-refractivity contribution in [3.63, 3.8) is 0 Å². The largest absolute Gasteiger partial charge is 0.459 e. The molecule has 1 aromatic carbocycles. The highest BCUT2D eigenvalue weighted by Gasteiger charge is 2.30. The van der Waals surface area contributed by atoms with Crippen LogP contribution >= 0.6 is 0 Å². The van der Waals surface area contributed by atoms with Crippen molar-refractivity contribution in [3.05, 3.63) is 35.6 Å². The Morgan fingerprint density at radius 3 is 2.45 bits per heavy atom. The fourth-order valence-electron chi connectivity index (χ4n) is 2.60. The zero-order valence-electron chi connectivity index (χ0n) is 12.3. The maximum absolute atomic E-state index is 9.53. The average Bonchev–Trinajstić information content (AvgIpc) is 2.83. The van der Waals surface area contributed by atoms with Crippen LogP contribution in [0.2, 0.25) is 0 Å². The summed E-state index contributed by atoms with van der Waals surface area (Å²) in [4.78, 5) is 0. The van der Waals surface area contributed by atoms with Crippen molar-refractivity contribution < 1.29 is 14.6 Å². The summed E-state index contributed by atoms with van der Waals surface area (Å²) in [5.74, 6) is 0.853. The molecule has 0 bridgehead atoms. The normalized spacial score (nSPS) is 13.8. The lowest BCUT2D eigenvalue weighted by molar-refractivity contribution is 0.0770. The van der Waals surface area contributed by atoms with E-state index in [1.165, 1.54) is 0 Å². The quantitative estimate of drug-likeness (QED) is 0.759. The van der Waals surface area contributed by atoms with Gasteiger partial charge in [0.2, 0.25) is 0 Å². The molecule has 0 saturated heterocycles. The fraction of sp³-hybridized carbons (Fsp3) is 0.500. The molecule has 1 unspecified atom stereocenters. The van der Waals surface area contributed by atoms with Gasteiger partial charge in [-0.2, -0.15) is 0 Å². The Morgan fingerprint density at radius 1 is 1.25 bits per heavy atom. The van der Waals surface area contributed by atoms with E-state index >= 15 is 0 Å². The molecular weight excluding hydrogens is 254 g/mol. The molecule has 20 heavy (non-hydrogen) atoms. The summed E-state index contributed by atoms with van der Waals surface area (Å²) in [6, 6.07) is 7.84. The van der Waals surface area contributed by atoms with Gasteiger partial charge in [-0.3, -0.25) is 5.32 Å². The first-order valence-corrected chi connectivity index (χ1v) is 7.04. The SMILES string of the molecule is CCC(CO)(CO)NC(C)c1oc2ccccc2c1C. The summed E-state index contributed by atoms with van der Waals surface area (Å²) in [5.41, 5.74) is 1.29. The first-order chi connectivity index (χ1) is 9.56. The van der Waals surface area contributed by atoms with Crippen LogP contribution in [0, 0.1) is 6.92 Å². The van der Waals surface area contributed by atoms with Crippen molar-refractivity contribution in [1.29, 1.82) is 0 Å². The van der Waals surface area contributed by atoms with Crippen LogP contribution in [0.4, 0.5) is 0 Å². The van der Waals surface area contributed by atoms with Gasteiger partial charge in [0.25, 0.3) is 0 Å². The Labute approximate surface area is 119 Å². The average molecular weight is 277 g/mol. The summed E-state index contributed by atoms with van der Waals surface area (Å²) >= 11 is 0. The van der Waals surface area contributed by atoms with Gasteiger partial charge < -0.3 is 14.6 Å². The molecule has 2 aromatic rings. The standard InChI is InChI=1S/C16H23NO3/c1-4-16(9-18,10-19)17-12(3)15-11(2)13-7-5-6-8-14(13)20-15/h5-8,12,17-19H,4,9-10H2,1-3H3. The number of aliphatic hydroxyl groups is 2.